The van der Waals surface area contributed by atoms with Gasteiger partial charge < -0.3 is 15.8 Å². The number of carbonyl (C=O) groups is 1. The average molecular weight is 413 g/mol. The van der Waals surface area contributed by atoms with Gasteiger partial charge in [-0.15, -0.1) is 0 Å². The van der Waals surface area contributed by atoms with E-state index in [2.05, 4.69) is 18.5 Å². The zero-order valence-electron chi connectivity index (χ0n) is 17.3. The number of carbonyl (C=O) groups excluding carboxylic acids is 1. The van der Waals surface area contributed by atoms with Crippen molar-refractivity contribution in [2.24, 2.45) is 5.73 Å². The molecule has 1 amide bonds. The van der Waals surface area contributed by atoms with E-state index >= 15 is 0 Å². The molecule has 0 bridgehead atoms. The highest BCUT2D eigenvalue weighted by atomic mass is 35.5. The topological polar surface area (TPSA) is 64.3 Å². The lowest BCUT2D eigenvalue weighted by Crippen LogP contribution is -2.24. The predicted octanol–water partition coefficient (Wildman–Crippen LogP) is 5.65. The largest absolute Gasteiger partial charge is 0.457 e. The van der Waals surface area contributed by atoms with E-state index in [4.69, 9.17) is 22.1 Å². The quantitative estimate of drug-likeness (QED) is 0.296. The van der Waals surface area contributed by atoms with Crippen LogP contribution in [-0.4, -0.2) is 5.91 Å². The van der Waals surface area contributed by atoms with Gasteiger partial charge in [0, 0.05) is 17.3 Å². The Kier molecular flexibility index (Phi) is 10.3. The van der Waals surface area contributed by atoms with E-state index in [9.17, 15) is 4.79 Å². The van der Waals surface area contributed by atoms with Crippen LogP contribution < -0.4 is 15.8 Å². The first-order chi connectivity index (χ1) is 13.8. The van der Waals surface area contributed by atoms with Crippen LogP contribution in [0.2, 0.25) is 0 Å². The summed E-state index contributed by atoms with van der Waals surface area (Å²) in [5.41, 5.74) is 8.98. The molecule has 4 nitrogen and oxygen atoms in total. The van der Waals surface area contributed by atoms with Crippen LogP contribution in [0, 0.1) is 0 Å². The van der Waals surface area contributed by atoms with Gasteiger partial charge in [-0.1, -0.05) is 55.5 Å². The fourth-order valence-corrected chi connectivity index (χ4v) is 2.36. The second-order valence-electron chi connectivity index (χ2n) is 6.31. The standard InChI is InChI=1S/C24H29ClN2O2/c1-6-9-20(8-3)29-21-12-10-19(11-13-21)16-27-24(28)22(18(5)25)14-15-23(26)17(4)7-2/h6,8-15H,1,3,7,16,26H2,2,4-5H3,(H,27,28)/b15-14-,20-9+,22-18-,23-17?. The summed E-state index contributed by atoms with van der Waals surface area (Å²) in [6.45, 7) is 13.3. The van der Waals surface area contributed by atoms with Gasteiger partial charge >= 0.3 is 0 Å². The van der Waals surface area contributed by atoms with Gasteiger partial charge in [-0.05, 0) is 62.3 Å². The first-order valence-corrected chi connectivity index (χ1v) is 9.69. The van der Waals surface area contributed by atoms with Gasteiger partial charge in [-0.25, -0.2) is 0 Å². The number of nitrogens with one attached hydrogen (secondary N) is 1. The summed E-state index contributed by atoms with van der Waals surface area (Å²) in [5.74, 6) is 1.01. The van der Waals surface area contributed by atoms with Crippen molar-refractivity contribution in [3.05, 3.63) is 101 Å². The number of amides is 1. The molecule has 154 valence electrons. The molecule has 0 aromatic heterocycles. The number of hydrogen-bond donors (Lipinski definition) is 2. The Labute approximate surface area is 178 Å². The summed E-state index contributed by atoms with van der Waals surface area (Å²) in [4.78, 5) is 12.5. The van der Waals surface area contributed by atoms with Crippen molar-refractivity contribution in [2.45, 2.75) is 33.7 Å². The van der Waals surface area contributed by atoms with Crippen LogP contribution in [0.3, 0.4) is 0 Å². The minimum Gasteiger partial charge on any atom is -0.457 e. The Morgan fingerprint density at radius 3 is 2.38 bits per heavy atom. The normalized spacial score (nSPS) is 13.4. The smallest absolute Gasteiger partial charge is 0.252 e. The first kappa shape index (κ1) is 24.1. The van der Waals surface area contributed by atoms with Gasteiger partial charge in [0.15, 0.2) is 0 Å². The number of ether oxygens (including phenoxy) is 1. The molecule has 0 spiro atoms. The molecule has 0 aliphatic rings. The molecule has 0 heterocycles. The molecule has 0 saturated carbocycles. The van der Waals surface area contributed by atoms with Crippen LogP contribution in [0.1, 0.15) is 32.8 Å². The monoisotopic (exact) mass is 412 g/mol. The van der Waals surface area contributed by atoms with Gasteiger partial charge in [0.1, 0.15) is 11.5 Å². The van der Waals surface area contributed by atoms with Crippen LogP contribution in [0.5, 0.6) is 5.75 Å². The molecule has 0 radical (unpaired) electrons. The Hall–Kier alpha value is -2.98. The van der Waals surface area contributed by atoms with Crippen LogP contribution in [0.15, 0.2) is 95.4 Å². The zero-order valence-corrected chi connectivity index (χ0v) is 18.1. The summed E-state index contributed by atoms with van der Waals surface area (Å²) < 4.78 is 5.67. The fourth-order valence-electron chi connectivity index (χ4n) is 2.22. The molecule has 0 saturated heterocycles. The molecule has 5 heteroatoms. The van der Waals surface area contributed by atoms with Gasteiger partial charge in [-0.3, -0.25) is 4.79 Å². The molecular weight excluding hydrogens is 384 g/mol. The van der Waals surface area contributed by atoms with Crippen molar-refractivity contribution in [2.75, 3.05) is 0 Å². The molecule has 0 unspecified atom stereocenters. The van der Waals surface area contributed by atoms with E-state index in [-0.39, 0.29) is 5.91 Å². The summed E-state index contributed by atoms with van der Waals surface area (Å²) in [6.07, 6.45) is 9.16. The predicted molar refractivity (Wildman–Crippen MR) is 122 cm³/mol. The molecule has 0 aliphatic heterocycles. The number of allylic oxidation sites excluding steroid dienone is 6. The molecular formula is C24H29ClN2O2. The minimum absolute atomic E-state index is 0.265. The summed E-state index contributed by atoms with van der Waals surface area (Å²) in [6, 6.07) is 7.40. The highest BCUT2D eigenvalue weighted by Crippen LogP contribution is 2.17. The van der Waals surface area contributed by atoms with Crippen molar-refractivity contribution in [1.82, 2.24) is 5.32 Å². The maximum absolute atomic E-state index is 12.5. The molecule has 0 atom stereocenters. The highest BCUT2D eigenvalue weighted by molar-refractivity contribution is 6.31. The number of benzene rings is 1. The Balaban J connectivity index is 2.78. The van der Waals surface area contributed by atoms with Gasteiger partial charge in [0.25, 0.3) is 5.91 Å². The van der Waals surface area contributed by atoms with E-state index in [0.29, 0.717) is 34.4 Å². The lowest BCUT2D eigenvalue weighted by Gasteiger charge is -2.09. The van der Waals surface area contributed by atoms with E-state index in [1.807, 2.05) is 38.1 Å². The molecule has 0 aliphatic carbocycles. The second kappa shape index (κ2) is 12.5. The zero-order chi connectivity index (χ0) is 21.8. The van der Waals surface area contributed by atoms with Gasteiger partial charge in [0.2, 0.25) is 0 Å². The van der Waals surface area contributed by atoms with E-state index in [1.165, 1.54) is 0 Å². The Morgan fingerprint density at radius 1 is 1.21 bits per heavy atom. The highest BCUT2D eigenvalue weighted by Gasteiger charge is 2.09. The molecule has 0 fully saturated rings. The maximum atomic E-state index is 12.5. The second-order valence-corrected chi connectivity index (χ2v) is 6.87. The fraction of sp³-hybridized carbons (Fsp3) is 0.208. The molecule has 29 heavy (non-hydrogen) atoms. The van der Waals surface area contributed by atoms with E-state index in [0.717, 1.165) is 17.6 Å². The first-order valence-electron chi connectivity index (χ1n) is 9.32. The number of halogens is 1. The van der Waals surface area contributed by atoms with E-state index < -0.39 is 0 Å². The Bertz CT molecular complexity index is 855. The van der Waals surface area contributed by atoms with E-state index in [1.54, 1.807) is 37.3 Å². The summed E-state index contributed by atoms with van der Waals surface area (Å²) in [7, 11) is 0. The van der Waals surface area contributed by atoms with Crippen molar-refractivity contribution in [3.8, 4) is 5.75 Å². The minimum atomic E-state index is -0.265. The van der Waals surface area contributed by atoms with Crippen molar-refractivity contribution in [1.29, 1.82) is 0 Å². The molecule has 1 aromatic rings. The van der Waals surface area contributed by atoms with Crippen LogP contribution in [0.4, 0.5) is 0 Å². The number of nitrogens with two attached hydrogens (primary N) is 1. The molecule has 1 rings (SSSR count). The SMILES string of the molecule is C=C/C=C(\C=C)Oc1ccc(CNC(=O)C(/C=C\C(N)=C(C)CC)=C(/C)Cl)cc1. The van der Waals surface area contributed by atoms with Crippen molar-refractivity contribution < 1.29 is 9.53 Å². The van der Waals surface area contributed by atoms with Crippen LogP contribution >= 0.6 is 11.6 Å². The summed E-state index contributed by atoms with van der Waals surface area (Å²) >= 11 is 6.10. The average Bonchev–Trinajstić information content (AvgIpc) is 2.71. The third kappa shape index (κ3) is 8.28. The number of hydrogen-bond acceptors (Lipinski definition) is 3. The lowest BCUT2D eigenvalue weighted by atomic mass is 10.1. The van der Waals surface area contributed by atoms with Gasteiger partial charge in [0.05, 0.1) is 5.57 Å². The number of rotatable bonds is 10. The van der Waals surface area contributed by atoms with Crippen molar-refractivity contribution >= 4 is 17.5 Å². The molecule has 1 aromatic carbocycles. The van der Waals surface area contributed by atoms with Crippen LogP contribution in [-0.2, 0) is 11.3 Å². The third-order valence-corrected chi connectivity index (χ3v) is 4.37. The maximum Gasteiger partial charge on any atom is 0.252 e. The van der Waals surface area contributed by atoms with Gasteiger partial charge in [-0.2, -0.15) is 0 Å². The Morgan fingerprint density at radius 2 is 1.86 bits per heavy atom. The third-order valence-electron chi connectivity index (χ3n) is 4.16. The van der Waals surface area contributed by atoms with Crippen molar-refractivity contribution in [3.63, 3.8) is 0 Å². The molecule has 3 N–H and O–H groups in total. The lowest BCUT2D eigenvalue weighted by molar-refractivity contribution is -0.117. The van der Waals surface area contributed by atoms with Crippen LogP contribution in [0.25, 0.3) is 0 Å². The summed E-state index contributed by atoms with van der Waals surface area (Å²) in [5, 5.41) is 3.27.